The number of ether oxygens (including phenoxy) is 2. The molecule has 0 aliphatic carbocycles. The second-order valence-electron chi connectivity index (χ2n) is 4.50. The Bertz CT molecular complexity index is 410. The fourth-order valence-electron chi connectivity index (χ4n) is 1.85. The smallest absolute Gasteiger partial charge is 0.244 e. The fraction of sp³-hybridized carbons (Fsp3) is 0.750. The summed E-state index contributed by atoms with van der Waals surface area (Å²) in [4.78, 5) is 14.0. The van der Waals surface area contributed by atoms with Crippen molar-refractivity contribution in [3.63, 3.8) is 0 Å². The molecule has 1 aromatic heterocycles. The first-order valence-electron chi connectivity index (χ1n) is 6.48. The standard InChI is InChI=1S/C12H23N5O3/c1-10(9-20-3)17(4-5-19-2)12(18)8-16-7-11(6-13)14-15-16/h7,10H,4-6,8-9,13H2,1-3H3. The molecule has 1 rings (SSSR count). The Labute approximate surface area is 118 Å². The summed E-state index contributed by atoms with van der Waals surface area (Å²) in [5.41, 5.74) is 6.12. The van der Waals surface area contributed by atoms with Crippen LogP contribution in [0.5, 0.6) is 0 Å². The highest BCUT2D eigenvalue weighted by atomic mass is 16.5. The maximum Gasteiger partial charge on any atom is 0.244 e. The molecule has 0 saturated heterocycles. The SMILES string of the molecule is COCCN(C(=O)Cn1cc(CN)nn1)C(C)COC. The van der Waals surface area contributed by atoms with Gasteiger partial charge in [0.05, 0.1) is 31.1 Å². The monoisotopic (exact) mass is 285 g/mol. The van der Waals surface area contributed by atoms with Gasteiger partial charge in [-0.25, -0.2) is 4.68 Å². The molecule has 1 unspecified atom stereocenters. The van der Waals surface area contributed by atoms with Crippen LogP contribution in [0.2, 0.25) is 0 Å². The molecule has 20 heavy (non-hydrogen) atoms. The second kappa shape index (κ2) is 8.62. The number of hydrogen-bond donors (Lipinski definition) is 1. The molecule has 0 spiro atoms. The number of nitrogens with two attached hydrogens (primary N) is 1. The van der Waals surface area contributed by atoms with Gasteiger partial charge in [-0.2, -0.15) is 0 Å². The highest BCUT2D eigenvalue weighted by Crippen LogP contribution is 2.03. The van der Waals surface area contributed by atoms with Gasteiger partial charge < -0.3 is 20.1 Å². The van der Waals surface area contributed by atoms with Gasteiger partial charge in [0.25, 0.3) is 0 Å². The third-order valence-corrected chi connectivity index (χ3v) is 2.89. The van der Waals surface area contributed by atoms with Crippen LogP contribution in [-0.4, -0.2) is 65.8 Å². The van der Waals surface area contributed by atoms with Gasteiger partial charge in [-0.15, -0.1) is 5.10 Å². The average Bonchev–Trinajstić information content (AvgIpc) is 2.87. The first-order chi connectivity index (χ1) is 9.62. The Morgan fingerprint density at radius 2 is 2.25 bits per heavy atom. The summed E-state index contributed by atoms with van der Waals surface area (Å²) in [6.45, 7) is 3.83. The number of amides is 1. The number of carbonyl (C=O) groups excluding carboxylic acids is 1. The maximum absolute atomic E-state index is 12.3. The summed E-state index contributed by atoms with van der Waals surface area (Å²) in [7, 11) is 3.22. The van der Waals surface area contributed by atoms with E-state index in [9.17, 15) is 4.79 Å². The van der Waals surface area contributed by atoms with Gasteiger partial charge in [0.1, 0.15) is 6.54 Å². The van der Waals surface area contributed by atoms with Gasteiger partial charge in [-0.3, -0.25) is 4.79 Å². The van der Waals surface area contributed by atoms with E-state index >= 15 is 0 Å². The third kappa shape index (κ3) is 4.87. The summed E-state index contributed by atoms with van der Waals surface area (Å²) in [6.07, 6.45) is 1.67. The molecule has 114 valence electrons. The summed E-state index contributed by atoms with van der Waals surface area (Å²) in [6, 6.07) is -0.0276. The number of rotatable bonds is 9. The highest BCUT2D eigenvalue weighted by Gasteiger charge is 2.20. The quantitative estimate of drug-likeness (QED) is 0.641. The van der Waals surface area contributed by atoms with Crippen molar-refractivity contribution in [1.82, 2.24) is 19.9 Å². The number of hydrogen-bond acceptors (Lipinski definition) is 6. The van der Waals surface area contributed by atoms with Crippen molar-refractivity contribution in [3.05, 3.63) is 11.9 Å². The summed E-state index contributed by atoms with van der Waals surface area (Å²) in [5.74, 6) is -0.0555. The molecule has 0 bridgehead atoms. The highest BCUT2D eigenvalue weighted by molar-refractivity contribution is 5.76. The van der Waals surface area contributed by atoms with E-state index in [2.05, 4.69) is 10.3 Å². The second-order valence-corrected chi connectivity index (χ2v) is 4.50. The molecule has 1 amide bonds. The van der Waals surface area contributed by atoms with Crippen LogP contribution < -0.4 is 5.73 Å². The van der Waals surface area contributed by atoms with Crippen molar-refractivity contribution in [3.8, 4) is 0 Å². The molecule has 1 heterocycles. The number of carbonyl (C=O) groups is 1. The zero-order chi connectivity index (χ0) is 15.0. The van der Waals surface area contributed by atoms with E-state index in [1.165, 1.54) is 4.68 Å². The fourth-order valence-corrected chi connectivity index (χ4v) is 1.85. The number of aromatic nitrogens is 3. The van der Waals surface area contributed by atoms with Crippen LogP contribution in [0.3, 0.4) is 0 Å². The van der Waals surface area contributed by atoms with Crippen molar-refractivity contribution < 1.29 is 14.3 Å². The lowest BCUT2D eigenvalue weighted by Crippen LogP contribution is -2.44. The van der Waals surface area contributed by atoms with E-state index in [0.29, 0.717) is 32.0 Å². The van der Waals surface area contributed by atoms with Crippen LogP contribution in [0.25, 0.3) is 0 Å². The van der Waals surface area contributed by atoms with E-state index in [1.54, 1.807) is 25.3 Å². The summed E-state index contributed by atoms with van der Waals surface area (Å²) < 4.78 is 11.6. The van der Waals surface area contributed by atoms with Crippen molar-refractivity contribution in [2.75, 3.05) is 34.0 Å². The lowest BCUT2D eigenvalue weighted by Gasteiger charge is -2.28. The Morgan fingerprint density at radius 3 is 2.80 bits per heavy atom. The third-order valence-electron chi connectivity index (χ3n) is 2.89. The molecule has 0 radical (unpaired) electrons. The van der Waals surface area contributed by atoms with Gasteiger partial charge in [-0.1, -0.05) is 5.21 Å². The Balaban J connectivity index is 2.65. The predicted octanol–water partition coefficient (Wildman–Crippen LogP) is -0.753. The number of nitrogens with zero attached hydrogens (tertiary/aromatic N) is 4. The zero-order valence-electron chi connectivity index (χ0n) is 12.3. The van der Waals surface area contributed by atoms with Crippen LogP contribution >= 0.6 is 0 Å². The van der Waals surface area contributed by atoms with Gasteiger partial charge in [-0.05, 0) is 6.92 Å². The van der Waals surface area contributed by atoms with Crippen LogP contribution in [0, 0.1) is 0 Å². The van der Waals surface area contributed by atoms with Crippen LogP contribution in [0.1, 0.15) is 12.6 Å². The summed E-state index contributed by atoms with van der Waals surface area (Å²) >= 11 is 0. The lowest BCUT2D eigenvalue weighted by atomic mass is 10.3. The molecular formula is C12H23N5O3. The van der Waals surface area contributed by atoms with E-state index in [0.717, 1.165) is 0 Å². The molecule has 0 fully saturated rings. The van der Waals surface area contributed by atoms with E-state index in [-0.39, 0.29) is 18.5 Å². The molecule has 1 aromatic rings. The topological polar surface area (TPSA) is 95.5 Å². The van der Waals surface area contributed by atoms with Crippen molar-refractivity contribution >= 4 is 5.91 Å². The van der Waals surface area contributed by atoms with E-state index in [4.69, 9.17) is 15.2 Å². The Morgan fingerprint density at radius 1 is 1.50 bits per heavy atom. The Hall–Kier alpha value is -1.51. The lowest BCUT2D eigenvalue weighted by molar-refractivity contribution is -0.135. The van der Waals surface area contributed by atoms with Gasteiger partial charge >= 0.3 is 0 Å². The first-order valence-corrected chi connectivity index (χ1v) is 6.48. The summed E-state index contributed by atoms with van der Waals surface area (Å²) in [5, 5.41) is 7.73. The molecule has 0 aliphatic rings. The largest absolute Gasteiger partial charge is 0.383 e. The van der Waals surface area contributed by atoms with Crippen LogP contribution in [-0.2, 0) is 27.4 Å². The molecule has 8 nitrogen and oxygen atoms in total. The molecule has 1 atom stereocenters. The average molecular weight is 285 g/mol. The molecule has 0 aromatic carbocycles. The minimum absolute atomic E-state index is 0.0276. The molecule has 2 N–H and O–H groups in total. The molecule has 0 aliphatic heterocycles. The van der Waals surface area contributed by atoms with Crippen molar-refractivity contribution in [2.45, 2.75) is 26.1 Å². The molecule has 0 saturated carbocycles. The minimum atomic E-state index is -0.0555. The maximum atomic E-state index is 12.3. The van der Waals surface area contributed by atoms with Crippen molar-refractivity contribution in [2.24, 2.45) is 5.73 Å². The molecular weight excluding hydrogens is 262 g/mol. The van der Waals surface area contributed by atoms with Gasteiger partial charge in [0.2, 0.25) is 5.91 Å². The first kappa shape index (κ1) is 16.5. The van der Waals surface area contributed by atoms with Gasteiger partial charge in [0.15, 0.2) is 0 Å². The van der Waals surface area contributed by atoms with Crippen LogP contribution in [0.15, 0.2) is 6.20 Å². The van der Waals surface area contributed by atoms with E-state index in [1.807, 2.05) is 6.92 Å². The predicted molar refractivity (Wildman–Crippen MR) is 72.8 cm³/mol. The Kier molecular flexibility index (Phi) is 7.13. The van der Waals surface area contributed by atoms with Crippen molar-refractivity contribution in [1.29, 1.82) is 0 Å². The minimum Gasteiger partial charge on any atom is -0.383 e. The van der Waals surface area contributed by atoms with Gasteiger partial charge in [0, 0.05) is 27.3 Å². The zero-order valence-corrected chi connectivity index (χ0v) is 12.3. The van der Waals surface area contributed by atoms with Crippen LogP contribution in [0.4, 0.5) is 0 Å². The normalized spacial score (nSPS) is 12.4. The van der Waals surface area contributed by atoms with E-state index < -0.39 is 0 Å². The number of methoxy groups -OCH3 is 2. The molecule has 8 heteroatoms.